The summed E-state index contributed by atoms with van der Waals surface area (Å²) in [4.78, 5) is 12.0. The van der Waals surface area contributed by atoms with Crippen LogP contribution in [-0.4, -0.2) is 69.1 Å². The second kappa shape index (κ2) is 22.1. The van der Waals surface area contributed by atoms with Crippen molar-refractivity contribution in [1.29, 1.82) is 0 Å². The van der Waals surface area contributed by atoms with E-state index in [0.29, 0.717) is 6.42 Å². The Morgan fingerprint density at radius 1 is 0.625 bits per heavy atom. The molecule has 0 aliphatic heterocycles. The van der Waals surface area contributed by atoms with Gasteiger partial charge in [-0.2, -0.15) is 0 Å². The van der Waals surface area contributed by atoms with Gasteiger partial charge < -0.3 is 30.3 Å². The Kier molecular flexibility index (Phi) is 21.6. The summed E-state index contributed by atoms with van der Waals surface area (Å²) in [7, 11) is 0. The van der Waals surface area contributed by atoms with E-state index in [0.717, 1.165) is 19.3 Å². The third kappa shape index (κ3) is 16.8. The zero-order valence-corrected chi connectivity index (χ0v) is 20.3. The van der Waals surface area contributed by atoms with Crippen molar-refractivity contribution in [3.05, 3.63) is 0 Å². The maximum Gasteiger partial charge on any atom is 0.306 e. The molecule has 0 aromatic heterocycles. The lowest BCUT2D eigenvalue weighted by Gasteiger charge is -2.28. The van der Waals surface area contributed by atoms with Crippen LogP contribution in [0.15, 0.2) is 0 Å². The highest BCUT2D eigenvalue weighted by molar-refractivity contribution is 5.69. The van der Waals surface area contributed by atoms with Crippen LogP contribution < -0.4 is 0 Å². The van der Waals surface area contributed by atoms with Crippen LogP contribution >= 0.6 is 0 Å². The third-order valence-electron chi connectivity index (χ3n) is 5.99. The molecule has 0 saturated carbocycles. The van der Waals surface area contributed by atoms with Crippen molar-refractivity contribution in [2.45, 2.75) is 140 Å². The number of aliphatic hydroxyl groups excluding tert-OH is 5. The van der Waals surface area contributed by atoms with E-state index >= 15 is 0 Å². The van der Waals surface area contributed by atoms with Gasteiger partial charge in [0, 0.05) is 6.42 Å². The largest absolute Gasteiger partial charge is 0.457 e. The van der Waals surface area contributed by atoms with Crippen molar-refractivity contribution in [2.24, 2.45) is 0 Å². The first-order chi connectivity index (χ1) is 15.5. The molecule has 0 amide bonds. The van der Waals surface area contributed by atoms with Crippen LogP contribution in [-0.2, 0) is 9.53 Å². The molecule has 32 heavy (non-hydrogen) atoms. The molecule has 0 saturated heterocycles. The van der Waals surface area contributed by atoms with Crippen LogP contribution in [0.25, 0.3) is 0 Å². The van der Waals surface area contributed by atoms with Crippen molar-refractivity contribution in [3.63, 3.8) is 0 Å². The van der Waals surface area contributed by atoms with Crippen LogP contribution in [0, 0.1) is 0 Å². The van der Waals surface area contributed by atoms with Crippen molar-refractivity contribution in [3.8, 4) is 0 Å². The molecular formula is C25H50O7. The average Bonchev–Trinajstić information content (AvgIpc) is 2.80. The molecular weight excluding hydrogens is 412 g/mol. The molecule has 4 atom stereocenters. The van der Waals surface area contributed by atoms with Gasteiger partial charge in [-0.1, -0.05) is 103 Å². The molecule has 0 spiro atoms. The minimum absolute atomic E-state index is 0.148. The lowest BCUT2D eigenvalue weighted by atomic mass is 10.0. The maximum absolute atomic E-state index is 12.0. The fourth-order valence-electron chi connectivity index (χ4n) is 3.83. The summed E-state index contributed by atoms with van der Waals surface area (Å²) in [5, 5.41) is 47.0. The number of aliphatic hydroxyl groups is 5. The SMILES string of the molecule is CCCCCCCCCCCCCCCCCCC(=O)O[C@H]([C@@H](O)[C@@H](O)CO)[C@@H](O)CO. The summed E-state index contributed by atoms with van der Waals surface area (Å²) in [5.74, 6) is -0.600. The number of rotatable bonds is 23. The average molecular weight is 463 g/mol. The third-order valence-corrected chi connectivity index (χ3v) is 5.99. The molecule has 0 aliphatic carbocycles. The van der Waals surface area contributed by atoms with Gasteiger partial charge >= 0.3 is 5.97 Å². The Bertz CT molecular complexity index is 419. The fraction of sp³-hybridized carbons (Fsp3) is 0.960. The van der Waals surface area contributed by atoms with Gasteiger partial charge in [0.25, 0.3) is 0 Å². The van der Waals surface area contributed by atoms with E-state index in [-0.39, 0.29) is 6.42 Å². The number of ether oxygens (including phenoxy) is 1. The van der Waals surface area contributed by atoms with Crippen LogP contribution in [0.5, 0.6) is 0 Å². The number of carbonyl (C=O) groups is 1. The van der Waals surface area contributed by atoms with Crippen molar-refractivity contribution >= 4 is 5.97 Å². The van der Waals surface area contributed by atoms with Gasteiger partial charge in [0.1, 0.15) is 18.3 Å². The standard InChI is InChI=1S/C25H50O7/c1-2-3-4-5-6-7-8-9-10-11-12-13-14-15-16-17-18-23(30)32-25(22(29)20-27)24(31)21(28)19-26/h21-22,24-29,31H,2-20H2,1H3/t21-,22-,24-,25-/m0/s1. The first-order valence-corrected chi connectivity index (χ1v) is 12.9. The lowest BCUT2D eigenvalue weighted by molar-refractivity contribution is -0.177. The molecule has 0 aromatic rings. The summed E-state index contributed by atoms with van der Waals surface area (Å²) in [6, 6.07) is 0. The monoisotopic (exact) mass is 462 g/mol. The molecule has 0 aliphatic rings. The zero-order chi connectivity index (χ0) is 24.0. The van der Waals surface area contributed by atoms with Gasteiger partial charge in [0.05, 0.1) is 13.2 Å². The van der Waals surface area contributed by atoms with Gasteiger partial charge in [-0.25, -0.2) is 0 Å². The minimum atomic E-state index is -1.67. The Balaban J connectivity index is 3.64. The Morgan fingerprint density at radius 2 is 1.00 bits per heavy atom. The molecule has 5 N–H and O–H groups in total. The summed E-state index contributed by atoms with van der Waals surface area (Å²) in [6.07, 6.45) is 13.8. The molecule has 0 unspecified atom stereocenters. The maximum atomic E-state index is 12.0. The van der Waals surface area contributed by atoms with E-state index in [1.165, 1.54) is 77.0 Å². The fourth-order valence-corrected chi connectivity index (χ4v) is 3.83. The lowest BCUT2D eigenvalue weighted by Crippen LogP contribution is -2.49. The van der Waals surface area contributed by atoms with Gasteiger partial charge in [-0.05, 0) is 6.42 Å². The summed E-state index contributed by atoms with van der Waals surface area (Å²) >= 11 is 0. The highest BCUT2D eigenvalue weighted by Gasteiger charge is 2.34. The van der Waals surface area contributed by atoms with Crippen LogP contribution in [0.4, 0.5) is 0 Å². The second-order valence-electron chi connectivity index (χ2n) is 9.00. The number of esters is 1. The number of carbonyl (C=O) groups excluding carboxylic acids is 1. The van der Waals surface area contributed by atoms with Crippen molar-refractivity contribution < 1.29 is 35.1 Å². The molecule has 0 fully saturated rings. The Hall–Kier alpha value is -0.730. The molecule has 7 heteroatoms. The molecule has 7 nitrogen and oxygen atoms in total. The smallest absolute Gasteiger partial charge is 0.306 e. The predicted octanol–water partition coefficient (Wildman–Crippen LogP) is 3.62. The van der Waals surface area contributed by atoms with E-state index in [1.54, 1.807) is 0 Å². The van der Waals surface area contributed by atoms with Crippen LogP contribution in [0.1, 0.15) is 116 Å². The van der Waals surface area contributed by atoms with Crippen LogP contribution in [0.3, 0.4) is 0 Å². The number of unbranched alkanes of at least 4 members (excludes halogenated alkanes) is 15. The predicted molar refractivity (Wildman–Crippen MR) is 126 cm³/mol. The molecule has 0 heterocycles. The molecule has 0 rings (SSSR count). The molecule has 0 bridgehead atoms. The van der Waals surface area contributed by atoms with Crippen molar-refractivity contribution in [2.75, 3.05) is 13.2 Å². The topological polar surface area (TPSA) is 127 Å². The quantitative estimate of drug-likeness (QED) is 0.116. The Morgan fingerprint density at radius 3 is 1.38 bits per heavy atom. The van der Waals surface area contributed by atoms with E-state index in [1.807, 2.05) is 0 Å². The van der Waals surface area contributed by atoms with Crippen LogP contribution in [0.2, 0.25) is 0 Å². The summed E-state index contributed by atoms with van der Waals surface area (Å²) in [6.45, 7) is 0.779. The summed E-state index contributed by atoms with van der Waals surface area (Å²) < 4.78 is 5.04. The van der Waals surface area contributed by atoms with E-state index in [9.17, 15) is 20.1 Å². The van der Waals surface area contributed by atoms with E-state index < -0.39 is 43.6 Å². The van der Waals surface area contributed by atoms with Gasteiger partial charge in [-0.15, -0.1) is 0 Å². The zero-order valence-electron chi connectivity index (χ0n) is 20.3. The van der Waals surface area contributed by atoms with Crippen molar-refractivity contribution in [1.82, 2.24) is 0 Å². The molecule has 192 valence electrons. The van der Waals surface area contributed by atoms with Gasteiger partial charge in [0.2, 0.25) is 0 Å². The normalized spacial score (nSPS) is 15.3. The molecule has 0 aromatic carbocycles. The van der Waals surface area contributed by atoms with Gasteiger partial charge in [-0.3, -0.25) is 4.79 Å². The highest BCUT2D eigenvalue weighted by Crippen LogP contribution is 2.15. The minimum Gasteiger partial charge on any atom is -0.457 e. The highest BCUT2D eigenvalue weighted by atomic mass is 16.6. The number of hydrogen-bond donors (Lipinski definition) is 5. The second-order valence-corrected chi connectivity index (χ2v) is 9.00. The van der Waals surface area contributed by atoms with E-state index in [2.05, 4.69) is 6.92 Å². The first kappa shape index (κ1) is 31.3. The first-order valence-electron chi connectivity index (χ1n) is 12.9. The number of hydrogen-bond acceptors (Lipinski definition) is 7. The van der Waals surface area contributed by atoms with E-state index in [4.69, 9.17) is 14.9 Å². The van der Waals surface area contributed by atoms with Gasteiger partial charge in [0.15, 0.2) is 6.10 Å². The Labute approximate surface area is 195 Å². The summed E-state index contributed by atoms with van der Waals surface area (Å²) in [5.41, 5.74) is 0. The molecule has 0 radical (unpaired) electrons.